The van der Waals surface area contributed by atoms with Gasteiger partial charge in [-0.15, -0.1) is 11.3 Å². The molecule has 1 unspecified atom stereocenters. The van der Waals surface area contributed by atoms with Crippen molar-refractivity contribution < 1.29 is 4.74 Å². The zero-order valence-electron chi connectivity index (χ0n) is 11.9. The molecule has 1 aromatic rings. The summed E-state index contributed by atoms with van der Waals surface area (Å²) in [6.45, 7) is 11.6. The molecular formula is C14H24N2OS. The second-order valence-corrected chi connectivity index (χ2v) is 6.97. The topological polar surface area (TPSA) is 34.1 Å². The molecule has 0 spiro atoms. The van der Waals surface area contributed by atoms with Crippen LogP contribution in [0.4, 0.5) is 0 Å². The molecule has 0 amide bonds. The highest BCUT2D eigenvalue weighted by molar-refractivity contribution is 7.11. The molecule has 0 radical (unpaired) electrons. The molecule has 2 heterocycles. The van der Waals surface area contributed by atoms with Gasteiger partial charge in [-0.25, -0.2) is 4.98 Å². The van der Waals surface area contributed by atoms with Crippen LogP contribution >= 0.6 is 11.3 Å². The molecule has 1 N–H and O–H groups in total. The molecule has 4 heteroatoms. The summed E-state index contributed by atoms with van der Waals surface area (Å²) in [5.41, 5.74) is 1.34. The third kappa shape index (κ3) is 3.11. The minimum Gasteiger partial charge on any atom is -0.371 e. The van der Waals surface area contributed by atoms with Gasteiger partial charge in [0.2, 0.25) is 0 Å². The van der Waals surface area contributed by atoms with E-state index < -0.39 is 0 Å². The first-order valence-corrected chi connectivity index (χ1v) is 7.66. The summed E-state index contributed by atoms with van der Waals surface area (Å²) in [5.74, 6) is 0. The molecule has 1 atom stereocenters. The number of ether oxygens (including phenoxy) is 1. The van der Waals surface area contributed by atoms with Crippen LogP contribution in [0.1, 0.15) is 62.2 Å². The predicted molar refractivity (Wildman–Crippen MR) is 76.1 cm³/mol. The van der Waals surface area contributed by atoms with Crippen LogP contribution in [0.25, 0.3) is 0 Å². The number of aromatic nitrogens is 1. The Bertz CT molecular complexity index is 389. The molecule has 0 saturated carbocycles. The Morgan fingerprint density at radius 3 is 2.78 bits per heavy atom. The first-order chi connectivity index (χ1) is 8.52. The van der Waals surface area contributed by atoms with Gasteiger partial charge in [0.1, 0.15) is 11.1 Å². The van der Waals surface area contributed by atoms with Crippen LogP contribution in [0.3, 0.4) is 0 Å². The zero-order chi connectivity index (χ0) is 13.2. The van der Waals surface area contributed by atoms with Crippen molar-refractivity contribution in [2.45, 2.75) is 58.6 Å². The lowest BCUT2D eigenvalue weighted by atomic mass is 9.91. The summed E-state index contributed by atoms with van der Waals surface area (Å²) >= 11 is 1.82. The standard InChI is InChI=1S/C14H24N2OS/c1-5-15-9-11-12(14(2,3)4)16-13(18-11)10-7-6-8-17-10/h10,15H,5-9H2,1-4H3. The molecule has 1 aliphatic rings. The van der Waals surface area contributed by atoms with Crippen LogP contribution in [0.2, 0.25) is 0 Å². The fraction of sp³-hybridized carbons (Fsp3) is 0.786. The summed E-state index contributed by atoms with van der Waals surface area (Å²) in [4.78, 5) is 6.24. The molecule has 18 heavy (non-hydrogen) atoms. The van der Waals surface area contributed by atoms with E-state index in [0.717, 1.165) is 32.5 Å². The first kappa shape index (κ1) is 14.0. The number of nitrogens with zero attached hydrogens (tertiary/aromatic N) is 1. The lowest BCUT2D eigenvalue weighted by Gasteiger charge is -2.17. The quantitative estimate of drug-likeness (QED) is 0.908. The number of rotatable bonds is 4. The summed E-state index contributed by atoms with van der Waals surface area (Å²) in [7, 11) is 0. The third-order valence-corrected chi connectivity index (χ3v) is 4.31. The number of nitrogens with one attached hydrogen (secondary N) is 1. The molecule has 2 rings (SSSR count). The van der Waals surface area contributed by atoms with Crippen LogP contribution in [-0.4, -0.2) is 18.1 Å². The Labute approximate surface area is 114 Å². The lowest BCUT2D eigenvalue weighted by Crippen LogP contribution is -2.18. The molecule has 1 fully saturated rings. The molecule has 1 aliphatic heterocycles. The zero-order valence-corrected chi connectivity index (χ0v) is 12.7. The predicted octanol–water partition coefficient (Wildman–Crippen LogP) is 3.40. The van der Waals surface area contributed by atoms with Crippen LogP contribution in [0.5, 0.6) is 0 Å². The van der Waals surface area contributed by atoms with E-state index in [-0.39, 0.29) is 11.5 Å². The van der Waals surface area contributed by atoms with Crippen molar-refractivity contribution in [1.29, 1.82) is 0 Å². The molecule has 102 valence electrons. The summed E-state index contributed by atoms with van der Waals surface area (Å²) < 4.78 is 5.75. The highest BCUT2D eigenvalue weighted by Crippen LogP contribution is 2.36. The molecule has 3 nitrogen and oxygen atoms in total. The Morgan fingerprint density at radius 1 is 1.44 bits per heavy atom. The van der Waals surface area contributed by atoms with Gasteiger partial charge in [-0.05, 0) is 19.4 Å². The number of hydrogen-bond donors (Lipinski definition) is 1. The summed E-state index contributed by atoms with van der Waals surface area (Å²) in [6.07, 6.45) is 2.53. The van der Waals surface area contributed by atoms with Crippen molar-refractivity contribution in [2.24, 2.45) is 0 Å². The fourth-order valence-electron chi connectivity index (χ4n) is 2.22. The van der Waals surface area contributed by atoms with Crippen molar-refractivity contribution in [3.05, 3.63) is 15.6 Å². The van der Waals surface area contributed by atoms with Crippen molar-refractivity contribution in [1.82, 2.24) is 10.3 Å². The molecule has 0 bridgehead atoms. The third-order valence-electron chi connectivity index (χ3n) is 3.16. The van der Waals surface area contributed by atoms with Crippen molar-refractivity contribution in [2.75, 3.05) is 13.2 Å². The Balaban J connectivity index is 2.24. The summed E-state index contributed by atoms with van der Waals surface area (Å²) in [6, 6.07) is 0. The maximum atomic E-state index is 5.75. The molecular weight excluding hydrogens is 244 g/mol. The van der Waals surface area contributed by atoms with E-state index in [1.807, 2.05) is 11.3 Å². The lowest BCUT2D eigenvalue weighted by molar-refractivity contribution is 0.111. The number of thiazole rings is 1. The molecule has 1 aromatic heterocycles. The van der Waals surface area contributed by atoms with Crippen LogP contribution < -0.4 is 5.32 Å². The van der Waals surface area contributed by atoms with Gasteiger partial charge in [0.25, 0.3) is 0 Å². The van der Waals surface area contributed by atoms with Gasteiger partial charge in [-0.2, -0.15) is 0 Å². The normalized spacial score (nSPS) is 20.6. The van der Waals surface area contributed by atoms with E-state index in [0.29, 0.717) is 0 Å². The molecule has 1 saturated heterocycles. The first-order valence-electron chi connectivity index (χ1n) is 6.84. The van der Waals surface area contributed by atoms with Crippen molar-refractivity contribution in [3.8, 4) is 0 Å². The Morgan fingerprint density at radius 2 is 2.22 bits per heavy atom. The van der Waals surface area contributed by atoms with Crippen LogP contribution in [-0.2, 0) is 16.7 Å². The maximum Gasteiger partial charge on any atom is 0.122 e. The largest absolute Gasteiger partial charge is 0.371 e. The van der Waals surface area contributed by atoms with Gasteiger partial charge < -0.3 is 10.1 Å². The van der Waals surface area contributed by atoms with E-state index in [2.05, 4.69) is 33.0 Å². The van der Waals surface area contributed by atoms with Gasteiger partial charge in [0.05, 0.1) is 5.69 Å². The Kier molecular flexibility index (Phi) is 4.41. The van der Waals surface area contributed by atoms with Crippen LogP contribution in [0.15, 0.2) is 0 Å². The smallest absolute Gasteiger partial charge is 0.122 e. The minimum absolute atomic E-state index is 0.109. The highest BCUT2D eigenvalue weighted by Gasteiger charge is 2.27. The molecule has 0 aliphatic carbocycles. The monoisotopic (exact) mass is 268 g/mol. The average molecular weight is 268 g/mol. The van der Waals surface area contributed by atoms with E-state index in [1.54, 1.807) is 0 Å². The highest BCUT2D eigenvalue weighted by atomic mass is 32.1. The molecule has 0 aromatic carbocycles. The second kappa shape index (κ2) is 5.68. The van der Waals surface area contributed by atoms with E-state index >= 15 is 0 Å². The SMILES string of the molecule is CCNCc1sc(C2CCCO2)nc1C(C)(C)C. The van der Waals surface area contributed by atoms with Gasteiger partial charge in [0, 0.05) is 23.4 Å². The second-order valence-electron chi connectivity index (χ2n) is 5.86. The fourth-order valence-corrected chi connectivity index (χ4v) is 3.55. The average Bonchev–Trinajstić information content (AvgIpc) is 2.93. The van der Waals surface area contributed by atoms with Crippen molar-refractivity contribution >= 4 is 11.3 Å². The van der Waals surface area contributed by atoms with Crippen LogP contribution in [0, 0.1) is 0 Å². The number of hydrogen-bond acceptors (Lipinski definition) is 4. The van der Waals surface area contributed by atoms with Gasteiger partial charge in [0.15, 0.2) is 0 Å². The Hall–Kier alpha value is -0.450. The van der Waals surface area contributed by atoms with Gasteiger partial charge in [-0.1, -0.05) is 27.7 Å². The van der Waals surface area contributed by atoms with E-state index in [9.17, 15) is 0 Å². The van der Waals surface area contributed by atoms with Gasteiger partial charge in [-0.3, -0.25) is 0 Å². The van der Waals surface area contributed by atoms with Gasteiger partial charge >= 0.3 is 0 Å². The maximum absolute atomic E-state index is 5.75. The van der Waals surface area contributed by atoms with E-state index in [1.165, 1.54) is 15.6 Å². The van der Waals surface area contributed by atoms with Crippen molar-refractivity contribution in [3.63, 3.8) is 0 Å². The van der Waals surface area contributed by atoms with E-state index in [4.69, 9.17) is 9.72 Å². The summed E-state index contributed by atoms with van der Waals surface area (Å²) in [5, 5.41) is 4.58. The minimum atomic E-state index is 0.109.